The van der Waals surface area contributed by atoms with E-state index in [1.165, 1.54) is 4.90 Å². The van der Waals surface area contributed by atoms with Gasteiger partial charge in [-0.2, -0.15) is 0 Å². The molecule has 0 N–H and O–H groups in total. The number of ether oxygens (including phenoxy) is 1. The maximum absolute atomic E-state index is 12.6. The first-order chi connectivity index (χ1) is 13.4. The number of aryl methyl sites for hydroxylation is 1. The van der Waals surface area contributed by atoms with E-state index in [9.17, 15) is 14.4 Å². The standard InChI is InChI=1S/C22H24N2O4/c1-15-8-9-19(28-3)17(12-15)14-23(2)20(25)10-11-24-21(26)13-16-6-4-5-7-18(16)22(24)27/h4-9,12H,10-11,13-14H2,1-3H3. The van der Waals surface area contributed by atoms with E-state index in [0.29, 0.717) is 12.1 Å². The van der Waals surface area contributed by atoms with E-state index >= 15 is 0 Å². The van der Waals surface area contributed by atoms with Crippen LogP contribution in [0.4, 0.5) is 0 Å². The first-order valence-electron chi connectivity index (χ1n) is 9.20. The molecular formula is C22H24N2O4. The SMILES string of the molecule is COc1ccc(C)cc1CN(C)C(=O)CCN1C(=O)Cc2ccccc2C1=O. The summed E-state index contributed by atoms with van der Waals surface area (Å²) < 4.78 is 5.36. The van der Waals surface area contributed by atoms with E-state index in [-0.39, 0.29) is 37.1 Å². The van der Waals surface area contributed by atoms with Gasteiger partial charge in [-0.15, -0.1) is 0 Å². The molecule has 28 heavy (non-hydrogen) atoms. The zero-order chi connectivity index (χ0) is 20.3. The van der Waals surface area contributed by atoms with Crippen molar-refractivity contribution < 1.29 is 19.1 Å². The van der Waals surface area contributed by atoms with Crippen molar-refractivity contribution in [1.82, 2.24) is 9.80 Å². The van der Waals surface area contributed by atoms with Crippen molar-refractivity contribution >= 4 is 17.7 Å². The van der Waals surface area contributed by atoms with Crippen molar-refractivity contribution in [2.24, 2.45) is 0 Å². The fraction of sp³-hybridized carbons (Fsp3) is 0.318. The Hall–Kier alpha value is -3.15. The van der Waals surface area contributed by atoms with Crippen molar-refractivity contribution in [1.29, 1.82) is 0 Å². The van der Waals surface area contributed by atoms with Crippen molar-refractivity contribution in [3.8, 4) is 5.75 Å². The van der Waals surface area contributed by atoms with Crippen molar-refractivity contribution in [3.63, 3.8) is 0 Å². The lowest BCUT2D eigenvalue weighted by Crippen LogP contribution is -2.44. The molecule has 146 valence electrons. The molecule has 3 amide bonds. The summed E-state index contributed by atoms with van der Waals surface area (Å²) in [5, 5.41) is 0. The van der Waals surface area contributed by atoms with Gasteiger partial charge in [0.15, 0.2) is 0 Å². The van der Waals surface area contributed by atoms with Crippen LogP contribution in [-0.4, -0.2) is 48.2 Å². The molecule has 6 heteroatoms. The maximum Gasteiger partial charge on any atom is 0.260 e. The first kappa shape index (κ1) is 19.6. The lowest BCUT2D eigenvalue weighted by molar-refractivity contribution is -0.132. The van der Waals surface area contributed by atoms with E-state index in [1.807, 2.05) is 31.2 Å². The van der Waals surface area contributed by atoms with Crippen LogP contribution in [0.2, 0.25) is 0 Å². The van der Waals surface area contributed by atoms with Gasteiger partial charge in [0.1, 0.15) is 5.75 Å². The number of rotatable bonds is 6. The molecule has 0 unspecified atom stereocenters. The zero-order valence-electron chi connectivity index (χ0n) is 16.4. The quantitative estimate of drug-likeness (QED) is 0.723. The zero-order valence-corrected chi connectivity index (χ0v) is 16.4. The Morgan fingerprint density at radius 1 is 1.18 bits per heavy atom. The summed E-state index contributed by atoms with van der Waals surface area (Å²) in [7, 11) is 3.31. The second-order valence-corrected chi connectivity index (χ2v) is 7.00. The van der Waals surface area contributed by atoms with Crippen molar-refractivity contribution in [2.45, 2.75) is 26.3 Å². The Kier molecular flexibility index (Phi) is 5.78. The number of methoxy groups -OCH3 is 1. The minimum Gasteiger partial charge on any atom is -0.496 e. The highest BCUT2D eigenvalue weighted by atomic mass is 16.5. The second kappa shape index (κ2) is 8.25. The van der Waals surface area contributed by atoms with E-state index in [2.05, 4.69) is 0 Å². The smallest absolute Gasteiger partial charge is 0.260 e. The number of carbonyl (C=O) groups is 3. The van der Waals surface area contributed by atoms with Crippen LogP contribution in [0.1, 0.15) is 33.5 Å². The van der Waals surface area contributed by atoms with E-state index in [1.54, 1.807) is 37.3 Å². The monoisotopic (exact) mass is 380 g/mol. The second-order valence-electron chi connectivity index (χ2n) is 7.00. The molecular weight excluding hydrogens is 356 g/mol. The molecule has 0 fully saturated rings. The van der Waals surface area contributed by atoms with Crippen LogP contribution in [-0.2, 0) is 22.6 Å². The molecule has 6 nitrogen and oxygen atoms in total. The number of amides is 3. The fourth-order valence-electron chi connectivity index (χ4n) is 3.40. The summed E-state index contributed by atoms with van der Waals surface area (Å²) in [4.78, 5) is 40.2. The van der Waals surface area contributed by atoms with Gasteiger partial charge in [0.25, 0.3) is 5.91 Å². The Labute approximate surface area is 164 Å². The Morgan fingerprint density at radius 3 is 2.68 bits per heavy atom. The molecule has 0 bridgehead atoms. The average molecular weight is 380 g/mol. The third-order valence-corrected chi connectivity index (χ3v) is 4.95. The molecule has 2 aromatic rings. The van der Waals surface area contributed by atoms with Gasteiger partial charge < -0.3 is 9.64 Å². The summed E-state index contributed by atoms with van der Waals surface area (Å²) in [6.07, 6.45) is 0.275. The summed E-state index contributed by atoms with van der Waals surface area (Å²) in [6, 6.07) is 12.9. The molecule has 1 aliphatic rings. The molecule has 0 radical (unpaired) electrons. The summed E-state index contributed by atoms with van der Waals surface area (Å²) in [5.74, 6) is -0.00609. The Morgan fingerprint density at radius 2 is 1.93 bits per heavy atom. The van der Waals surface area contributed by atoms with Crippen LogP contribution in [0.3, 0.4) is 0 Å². The van der Waals surface area contributed by atoms with Crippen LogP contribution in [0.5, 0.6) is 5.75 Å². The van der Waals surface area contributed by atoms with Gasteiger partial charge in [-0.3, -0.25) is 19.3 Å². The summed E-state index contributed by atoms with van der Waals surface area (Å²) in [5.41, 5.74) is 3.27. The maximum atomic E-state index is 12.6. The van der Waals surface area contributed by atoms with Crippen molar-refractivity contribution in [2.75, 3.05) is 20.7 Å². The van der Waals surface area contributed by atoms with Crippen molar-refractivity contribution in [3.05, 3.63) is 64.7 Å². The highest BCUT2D eigenvalue weighted by Gasteiger charge is 2.30. The van der Waals surface area contributed by atoms with E-state index in [0.717, 1.165) is 22.4 Å². The van der Waals surface area contributed by atoms with Gasteiger partial charge in [0, 0.05) is 37.7 Å². The van der Waals surface area contributed by atoms with E-state index in [4.69, 9.17) is 4.74 Å². The van der Waals surface area contributed by atoms with Crippen LogP contribution in [0.25, 0.3) is 0 Å². The highest BCUT2D eigenvalue weighted by molar-refractivity contribution is 6.09. The number of fused-ring (bicyclic) bond motifs is 1. The molecule has 0 aromatic heterocycles. The lowest BCUT2D eigenvalue weighted by Gasteiger charge is -2.27. The molecule has 0 atom stereocenters. The normalized spacial score (nSPS) is 13.3. The van der Waals surface area contributed by atoms with Gasteiger partial charge in [-0.25, -0.2) is 0 Å². The van der Waals surface area contributed by atoms with Crippen LogP contribution >= 0.6 is 0 Å². The van der Waals surface area contributed by atoms with Gasteiger partial charge >= 0.3 is 0 Å². The lowest BCUT2D eigenvalue weighted by atomic mass is 9.98. The number of carbonyl (C=O) groups excluding carboxylic acids is 3. The number of imide groups is 1. The van der Waals surface area contributed by atoms with Crippen LogP contribution in [0.15, 0.2) is 42.5 Å². The van der Waals surface area contributed by atoms with E-state index < -0.39 is 0 Å². The Balaban J connectivity index is 1.63. The summed E-state index contributed by atoms with van der Waals surface area (Å²) >= 11 is 0. The number of benzene rings is 2. The van der Waals surface area contributed by atoms with Gasteiger partial charge in [-0.1, -0.05) is 35.9 Å². The first-order valence-corrected chi connectivity index (χ1v) is 9.20. The third-order valence-electron chi connectivity index (χ3n) is 4.95. The molecule has 1 heterocycles. The highest BCUT2D eigenvalue weighted by Crippen LogP contribution is 2.22. The topological polar surface area (TPSA) is 66.9 Å². The number of hydrogen-bond donors (Lipinski definition) is 0. The van der Waals surface area contributed by atoms with Crippen LogP contribution in [0, 0.1) is 6.92 Å². The molecule has 0 spiro atoms. The number of hydrogen-bond acceptors (Lipinski definition) is 4. The summed E-state index contributed by atoms with van der Waals surface area (Å²) in [6.45, 7) is 2.46. The predicted molar refractivity (Wildman–Crippen MR) is 105 cm³/mol. The molecule has 0 aliphatic carbocycles. The third kappa shape index (κ3) is 4.06. The minimum atomic E-state index is -0.331. The fourth-order valence-corrected chi connectivity index (χ4v) is 3.40. The largest absolute Gasteiger partial charge is 0.496 e. The van der Waals surface area contributed by atoms with Gasteiger partial charge in [0.2, 0.25) is 11.8 Å². The Bertz CT molecular complexity index is 923. The predicted octanol–water partition coefficient (Wildman–Crippen LogP) is 2.58. The molecule has 0 saturated heterocycles. The van der Waals surface area contributed by atoms with Gasteiger partial charge in [0.05, 0.1) is 13.5 Å². The van der Waals surface area contributed by atoms with Crippen LogP contribution < -0.4 is 4.74 Å². The molecule has 3 rings (SSSR count). The molecule has 1 aliphatic heterocycles. The number of nitrogens with zero attached hydrogens (tertiary/aromatic N) is 2. The van der Waals surface area contributed by atoms with Gasteiger partial charge in [-0.05, 0) is 24.6 Å². The minimum absolute atomic E-state index is 0.0835. The molecule has 2 aromatic carbocycles. The molecule has 0 saturated carbocycles. The average Bonchev–Trinajstić information content (AvgIpc) is 2.67.